The highest BCUT2D eigenvalue weighted by molar-refractivity contribution is 7.07. The Morgan fingerprint density at radius 3 is 2.70 bits per heavy atom. The first-order valence-corrected chi connectivity index (χ1v) is 8.63. The van der Waals surface area contributed by atoms with E-state index < -0.39 is 0 Å². The first-order valence-electron chi connectivity index (χ1n) is 7.69. The van der Waals surface area contributed by atoms with Crippen LogP contribution in [0.2, 0.25) is 0 Å². The second-order valence-corrected chi connectivity index (χ2v) is 6.36. The minimum Gasteiger partial charge on any atom is -0.353 e. The molecule has 118 valence electrons. The summed E-state index contributed by atoms with van der Waals surface area (Å²) in [5.74, 6) is 1.68. The molecule has 1 fully saturated rings. The van der Waals surface area contributed by atoms with E-state index >= 15 is 0 Å². The van der Waals surface area contributed by atoms with Crippen molar-refractivity contribution in [2.75, 3.05) is 31.1 Å². The van der Waals surface area contributed by atoms with Gasteiger partial charge in [0.25, 0.3) is 0 Å². The molecule has 1 saturated heterocycles. The van der Waals surface area contributed by atoms with Gasteiger partial charge >= 0.3 is 0 Å². The topological polar surface area (TPSA) is 50.1 Å². The first-order chi connectivity index (χ1) is 11.4. The van der Waals surface area contributed by atoms with Crippen LogP contribution < -0.4 is 4.90 Å². The molecule has 0 radical (unpaired) electrons. The van der Waals surface area contributed by atoms with E-state index in [1.165, 1.54) is 5.56 Å². The highest BCUT2D eigenvalue weighted by Gasteiger charge is 2.19. The Balaban J connectivity index is 1.41. The minimum absolute atomic E-state index is 0.758. The summed E-state index contributed by atoms with van der Waals surface area (Å²) in [6, 6.07) is 4.09. The average molecular weight is 326 g/mol. The Morgan fingerprint density at radius 2 is 1.96 bits per heavy atom. The van der Waals surface area contributed by atoms with Gasteiger partial charge in [-0.25, -0.2) is 9.67 Å². The van der Waals surface area contributed by atoms with E-state index in [0.717, 1.165) is 44.4 Å². The number of aromatic nitrogens is 4. The van der Waals surface area contributed by atoms with Gasteiger partial charge in [-0.15, -0.1) is 0 Å². The molecule has 0 saturated carbocycles. The Morgan fingerprint density at radius 1 is 1.09 bits per heavy atom. The number of rotatable bonds is 4. The predicted molar refractivity (Wildman–Crippen MR) is 91.0 cm³/mol. The lowest BCUT2D eigenvalue weighted by atomic mass is 10.2. The number of piperazine rings is 1. The summed E-state index contributed by atoms with van der Waals surface area (Å²) in [6.45, 7) is 5.08. The van der Waals surface area contributed by atoms with E-state index in [9.17, 15) is 0 Å². The third-order valence-electron chi connectivity index (χ3n) is 4.03. The van der Waals surface area contributed by atoms with Gasteiger partial charge in [-0.1, -0.05) is 0 Å². The zero-order valence-electron chi connectivity index (χ0n) is 12.7. The van der Waals surface area contributed by atoms with Crippen LogP contribution in [0, 0.1) is 0 Å². The fourth-order valence-electron chi connectivity index (χ4n) is 2.79. The molecule has 1 aliphatic rings. The van der Waals surface area contributed by atoms with Crippen molar-refractivity contribution >= 4 is 17.2 Å². The van der Waals surface area contributed by atoms with Crippen LogP contribution in [0.25, 0.3) is 5.82 Å². The summed E-state index contributed by atoms with van der Waals surface area (Å²) in [7, 11) is 0. The smallest absolute Gasteiger partial charge is 0.173 e. The molecule has 0 atom stereocenters. The van der Waals surface area contributed by atoms with E-state index in [1.54, 1.807) is 28.4 Å². The van der Waals surface area contributed by atoms with E-state index in [-0.39, 0.29) is 0 Å². The van der Waals surface area contributed by atoms with Crippen LogP contribution in [-0.2, 0) is 6.54 Å². The summed E-state index contributed by atoms with van der Waals surface area (Å²) in [6.07, 6.45) is 7.20. The predicted octanol–water partition coefficient (Wildman–Crippen LogP) is 2.05. The average Bonchev–Trinajstić information content (AvgIpc) is 3.29. The molecule has 0 unspecified atom stereocenters. The van der Waals surface area contributed by atoms with E-state index in [1.807, 2.05) is 18.5 Å². The molecule has 3 aromatic rings. The zero-order chi connectivity index (χ0) is 15.5. The monoisotopic (exact) mass is 326 g/mol. The van der Waals surface area contributed by atoms with Crippen molar-refractivity contribution in [3.63, 3.8) is 0 Å². The number of nitrogens with zero attached hydrogens (tertiary/aromatic N) is 6. The summed E-state index contributed by atoms with van der Waals surface area (Å²) in [5, 5.41) is 8.58. The third-order valence-corrected chi connectivity index (χ3v) is 4.76. The molecule has 0 amide bonds. The van der Waals surface area contributed by atoms with Gasteiger partial charge in [0.2, 0.25) is 0 Å². The molecule has 0 aromatic carbocycles. The minimum atomic E-state index is 0.758. The number of hydrogen-bond acceptors (Lipinski definition) is 6. The van der Waals surface area contributed by atoms with Crippen LogP contribution >= 0.6 is 11.3 Å². The normalized spacial score (nSPS) is 15.9. The molecular formula is C16H18N6S. The van der Waals surface area contributed by atoms with Crippen molar-refractivity contribution < 1.29 is 0 Å². The summed E-state index contributed by atoms with van der Waals surface area (Å²) < 4.78 is 1.74. The zero-order valence-corrected chi connectivity index (χ0v) is 13.6. The van der Waals surface area contributed by atoms with Gasteiger partial charge in [0.15, 0.2) is 5.82 Å². The maximum atomic E-state index is 4.69. The molecule has 6 nitrogen and oxygen atoms in total. The molecule has 4 rings (SSSR count). The van der Waals surface area contributed by atoms with Crippen molar-refractivity contribution in [2.24, 2.45) is 0 Å². The fraction of sp³-hybridized carbons (Fsp3) is 0.312. The summed E-state index contributed by atoms with van der Waals surface area (Å²) in [5.41, 5.74) is 1.41. The summed E-state index contributed by atoms with van der Waals surface area (Å²) >= 11 is 1.76. The van der Waals surface area contributed by atoms with Gasteiger partial charge in [-0.05, 0) is 28.5 Å². The van der Waals surface area contributed by atoms with Crippen molar-refractivity contribution in [3.05, 3.63) is 53.2 Å². The summed E-state index contributed by atoms with van der Waals surface area (Å²) in [4.78, 5) is 13.8. The highest BCUT2D eigenvalue weighted by atomic mass is 32.1. The van der Waals surface area contributed by atoms with Gasteiger partial charge in [-0.3, -0.25) is 9.88 Å². The van der Waals surface area contributed by atoms with Gasteiger partial charge in [0.1, 0.15) is 5.82 Å². The van der Waals surface area contributed by atoms with Crippen LogP contribution in [0.15, 0.2) is 47.7 Å². The Kier molecular flexibility index (Phi) is 4.04. The Labute approximate surface area is 139 Å². The molecule has 23 heavy (non-hydrogen) atoms. The largest absolute Gasteiger partial charge is 0.353 e. The van der Waals surface area contributed by atoms with Crippen molar-refractivity contribution in [3.8, 4) is 5.82 Å². The molecule has 0 aliphatic carbocycles. The fourth-order valence-corrected chi connectivity index (χ4v) is 3.45. The third kappa shape index (κ3) is 3.25. The molecule has 0 N–H and O–H groups in total. The van der Waals surface area contributed by atoms with Gasteiger partial charge in [0, 0.05) is 45.1 Å². The number of anilines is 1. The van der Waals surface area contributed by atoms with Gasteiger partial charge in [0.05, 0.1) is 12.4 Å². The van der Waals surface area contributed by atoms with Gasteiger partial charge < -0.3 is 4.90 Å². The van der Waals surface area contributed by atoms with E-state index in [2.05, 4.69) is 41.7 Å². The SMILES string of the molecule is c1cnn(-c2cncc(N3CCN(Cc4ccsc4)CC3)n2)c1. The maximum absolute atomic E-state index is 4.69. The van der Waals surface area contributed by atoms with Crippen molar-refractivity contribution in [1.82, 2.24) is 24.6 Å². The van der Waals surface area contributed by atoms with Crippen LogP contribution in [0.4, 0.5) is 5.82 Å². The lowest BCUT2D eigenvalue weighted by molar-refractivity contribution is 0.249. The van der Waals surface area contributed by atoms with E-state index in [0.29, 0.717) is 0 Å². The Bertz CT molecular complexity index is 732. The molecule has 0 spiro atoms. The molecule has 4 heterocycles. The second-order valence-electron chi connectivity index (χ2n) is 5.58. The molecule has 1 aliphatic heterocycles. The second kappa shape index (κ2) is 6.47. The lowest BCUT2D eigenvalue weighted by Crippen LogP contribution is -2.46. The highest BCUT2D eigenvalue weighted by Crippen LogP contribution is 2.16. The number of thiophene rings is 1. The quantitative estimate of drug-likeness (QED) is 0.734. The van der Waals surface area contributed by atoms with Crippen LogP contribution in [0.1, 0.15) is 5.56 Å². The van der Waals surface area contributed by atoms with Crippen molar-refractivity contribution in [2.45, 2.75) is 6.54 Å². The van der Waals surface area contributed by atoms with Crippen molar-refractivity contribution in [1.29, 1.82) is 0 Å². The molecule has 0 bridgehead atoms. The molecule has 7 heteroatoms. The van der Waals surface area contributed by atoms with Gasteiger partial charge in [-0.2, -0.15) is 16.4 Å². The van der Waals surface area contributed by atoms with Crippen LogP contribution in [-0.4, -0.2) is 50.8 Å². The molecule has 3 aromatic heterocycles. The van der Waals surface area contributed by atoms with E-state index in [4.69, 9.17) is 0 Å². The lowest BCUT2D eigenvalue weighted by Gasteiger charge is -2.35. The maximum Gasteiger partial charge on any atom is 0.173 e. The van der Waals surface area contributed by atoms with Crippen LogP contribution in [0.3, 0.4) is 0 Å². The Hall–Kier alpha value is -2.25. The standard InChI is InChI=1S/C16H18N6S/c1-3-18-22(4-1)16-11-17-10-15(19-16)21-7-5-20(6-8-21)12-14-2-9-23-13-14/h1-4,9-11,13H,5-8,12H2. The van der Waals surface area contributed by atoms with Crippen LogP contribution in [0.5, 0.6) is 0 Å². The number of hydrogen-bond donors (Lipinski definition) is 0. The first kappa shape index (κ1) is 14.3. The molecular weight excluding hydrogens is 308 g/mol.